The zero-order chi connectivity index (χ0) is 22.2. The van der Waals surface area contributed by atoms with E-state index in [2.05, 4.69) is 62.4 Å². The van der Waals surface area contributed by atoms with Gasteiger partial charge < -0.3 is 0 Å². The standard InChI is InChI=1S/C32H46/c1-3-5-6-12-26-19-23-28(24-20-26)30-14-8-10-16-32(30)31-15-9-7-13-29(31)27-21-17-25(11-4-2)18-22-27/h7-10,13-16,25-28H,3-6,11-12,17-24H2,1-2H3/t25-,26?,27-,28?. The van der Waals surface area contributed by atoms with Crippen LogP contribution in [0.2, 0.25) is 0 Å². The summed E-state index contributed by atoms with van der Waals surface area (Å²) in [4.78, 5) is 0. The number of benzene rings is 2. The molecule has 2 saturated carbocycles. The van der Waals surface area contributed by atoms with Crippen molar-refractivity contribution in [3.05, 3.63) is 59.7 Å². The number of rotatable bonds is 9. The van der Waals surface area contributed by atoms with E-state index < -0.39 is 0 Å². The lowest BCUT2D eigenvalue weighted by molar-refractivity contribution is 0.303. The van der Waals surface area contributed by atoms with E-state index in [9.17, 15) is 0 Å². The summed E-state index contributed by atoms with van der Waals surface area (Å²) in [6, 6.07) is 18.8. The minimum Gasteiger partial charge on any atom is -0.0654 e. The fourth-order valence-corrected chi connectivity index (χ4v) is 6.81. The first-order valence-corrected chi connectivity index (χ1v) is 14.0. The molecule has 0 heterocycles. The van der Waals surface area contributed by atoms with Gasteiger partial charge in [0.05, 0.1) is 0 Å². The highest BCUT2D eigenvalue weighted by molar-refractivity contribution is 5.72. The third-order valence-electron chi connectivity index (χ3n) is 8.70. The number of hydrogen-bond acceptors (Lipinski definition) is 0. The number of hydrogen-bond donors (Lipinski definition) is 0. The van der Waals surface area contributed by atoms with Gasteiger partial charge >= 0.3 is 0 Å². The van der Waals surface area contributed by atoms with Crippen molar-refractivity contribution in [3.63, 3.8) is 0 Å². The molecule has 0 bridgehead atoms. The summed E-state index contributed by atoms with van der Waals surface area (Å²) in [6.45, 7) is 4.67. The van der Waals surface area contributed by atoms with Crippen LogP contribution >= 0.6 is 0 Å². The number of unbranched alkanes of at least 4 members (excludes halogenated alkanes) is 2. The summed E-state index contributed by atoms with van der Waals surface area (Å²) in [6.07, 6.45) is 19.7. The molecule has 4 rings (SSSR count). The molecule has 0 N–H and O–H groups in total. The Kier molecular flexibility index (Phi) is 8.89. The van der Waals surface area contributed by atoms with Gasteiger partial charge in [0.2, 0.25) is 0 Å². The lowest BCUT2D eigenvalue weighted by Crippen LogP contribution is -2.15. The van der Waals surface area contributed by atoms with E-state index in [4.69, 9.17) is 0 Å². The smallest absolute Gasteiger partial charge is 0.0146 e. The molecule has 2 aromatic carbocycles. The van der Waals surface area contributed by atoms with E-state index in [1.54, 1.807) is 11.1 Å². The topological polar surface area (TPSA) is 0 Å². The van der Waals surface area contributed by atoms with Crippen LogP contribution in [-0.4, -0.2) is 0 Å². The minimum atomic E-state index is 0.752. The molecule has 0 aliphatic heterocycles. The van der Waals surface area contributed by atoms with E-state index in [-0.39, 0.29) is 0 Å². The van der Waals surface area contributed by atoms with E-state index in [1.165, 1.54) is 101 Å². The zero-order valence-electron chi connectivity index (χ0n) is 20.8. The van der Waals surface area contributed by atoms with Gasteiger partial charge in [-0.3, -0.25) is 0 Å². The van der Waals surface area contributed by atoms with E-state index in [1.807, 2.05) is 0 Å². The molecule has 2 aliphatic rings. The Morgan fingerprint density at radius 1 is 0.531 bits per heavy atom. The van der Waals surface area contributed by atoms with Crippen LogP contribution < -0.4 is 0 Å². The fraction of sp³-hybridized carbons (Fsp3) is 0.625. The highest BCUT2D eigenvalue weighted by atomic mass is 14.3. The van der Waals surface area contributed by atoms with Crippen LogP contribution in [0.15, 0.2) is 48.5 Å². The predicted octanol–water partition coefficient (Wildman–Crippen LogP) is 10.3. The third-order valence-corrected chi connectivity index (χ3v) is 8.70. The van der Waals surface area contributed by atoms with Gasteiger partial charge in [-0.2, -0.15) is 0 Å². The molecular weight excluding hydrogens is 384 g/mol. The molecule has 0 heteroatoms. The van der Waals surface area contributed by atoms with Crippen LogP contribution in [0.5, 0.6) is 0 Å². The Morgan fingerprint density at radius 3 is 1.47 bits per heavy atom. The van der Waals surface area contributed by atoms with Gasteiger partial charge in [-0.05, 0) is 97.3 Å². The Morgan fingerprint density at radius 2 is 1.00 bits per heavy atom. The minimum absolute atomic E-state index is 0.752. The molecule has 2 aromatic rings. The first-order chi connectivity index (χ1) is 15.8. The molecule has 174 valence electrons. The van der Waals surface area contributed by atoms with Gasteiger partial charge in [0.25, 0.3) is 0 Å². The fourth-order valence-electron chi connectivity index (χ4n) is 6.81. The molecule has 32 heavy (non-hydrogen) atoms. The van der Waals surface area contributed by atoms with Gasteiger partial charge in [0.15, 0.2) is 0 Å². The van der Waals surface area contributed by atoms with Crippen LogP contribution in [0.4, 0.5) is 0 Å². The van der Waals surface area contributed by atoms with Crippen LogP contribution in [0.25, 0.3) is 11.1 Å². The van der Waals surface area contributed by atoms with Crippen LogP contribution in [-0.2, 0) is 0 Å². The molecule has 2 fully saturated rings. The second kappa shape index (κ2) is 12.1. The quantitative estimate of drug-likeness (QED) is 0.347. The Bertz CT molecular complexity index is 802. The monoisotopic (exact) mass is 430 g/mol. The van der Waals surface area contributed by atoms with Crippen molar-refractivity contribution in [1.82, 2.24) is 0 Å². The van der Waals surface area contributed by atoms with Gasteiger partial charge in [0.1, 0.15) is 0 Å². The molecule has 2 aliphatic carbocycles. The van der Waals surface area contributed by atoms with Crippen molar-refractivity contribution in [2.75, 3.05) is 0 Å². The second-order valence-electron chi connectivity index (χ2n) is 10.9. The molecule has 0 nitrogen and oxygen atoms in total. The Labute approximate surface area is 198 Å². The lowest BCUT2D eigenvalue weighted by atomic mass is 9.73. The van der Waals surface area contributed by atoms with Gasteiger partial charge in [-0.1, -0.05) is 101 Å². The van der Waals surface area contributed by atoms with Crippen LogP contribution in [0.3, 0.4) is 0 Å². The SMILES string of the molecule is CCCCCC1CCC(c2ccccc2-c2ccccc2[C@H]2CC[C@H](CCC)CC2)CC1. The van der Waals surface area contributed by atoms with Crippen molar-refractivity contribution in [1.29, 1.82) is 0 Å². The maximum absolute atomic E-state index is 2.45. The predicted molar refractivity (Wildman–Crippen MR) is 140 cm³/mol. The van der Waals surface area contributed by atoms with Crippen molar-refractivity contribution in [2.45, 2.75) is 116 Å². The normalized spacial score (nSPS) is 26.2. The Hall–Kier alpha value is -1.56. The molecule has 0 spiro atoms. The maximum atomic E-state index is 2.45. The van der Waals surface area contributed by atoms with Crippen molar-refractivity contribution >= 4 is 0 Å². The second-order valence-corrected chi connectivity index (χ2v) is 10.9. The first kappa shape index (κ1) is 23.6. The summed E-state index contributed by atoms with van der Waals surface area (Å²) in [5.41, 5.74) is 6.33. The molecule has 0 atom stereocenters. The summed E-state index contributed by atoms with van der Waals surface area (Å²) < 4.78 is 0. The lowest BCUT2D eigenvalue weighted by Gasteiger charge is -2.32. The average molecular weight is 431 g/mol. The maximum Gasteiger partial charge on any atom is -0.0146 e. The van der Waals surface area contributed by atoms with Gasteiger partial charge in [0, 0.05) is 0 Å². The molecule has 0 amide bonds. The largest absolute Gasteiger partial charge is 0.0654 e. The van der Waals surface area contributed by atoms with Crippen LogP contribution in [0, 0.1) is 11.8 Å². The molecule has 0 aromatic heterocycles. The summed E-state index contributed by atoms with van der Waals surface area (Å²) in [5, 5.41) is 0. The summed E-state index contributed by atoms with van der Waals surface area (Å²) in [5.74, 6) is 3.46. The van der Waals surface area contributed by atoms with Crippen molar-refractivity contribution in [3.8, 4) is 11.1 Å². The van der Waals surface area contributed by atoms with E-state index >= 15 is 0 Å². The Balaban J connectivity index is 1.49. The van der Waals surface area contributed by atoms with Crippen molar-refractivity contribution in [2.24, 2.45) is 11.8 Å². The highest BCUT2D eigenvalue weighted by Gasteiger charge is 2.27. The first-order valence-electron chi connectivity index (χ1n) is 14.0. The summed E-state index contributed by atoms with van der Waals surface area (Å²) >= 11 is 0. The van der Waals surface area contributed by atoms with Gasteiger partial charge in [-0.25, -0.2) is 0 Å². The molecule has 0 unspecified atom stereocenters. The van der Waals surface area contributed by atoms with E-state index in [0.29, 0.717) is 0 Å². The van der Waals surface area contributed by atoms with Gasteiger partial charge in [-0.15, -0.1) is 0 Å². The highest BCUT2D eigenvalue weighted by Crippen LogP contribution is 2.45. The molecule has 0 radical (unpaired) electrons. The third kappa shape index (κ3) is 5.86. The molecular formula is C32H46. The van der Waals surface area contributed by atoms with Crippen molar-refractivity contribution < 1.29 is 0 Å². The average Bonchev–Trinajstić information content (AvgIpc) is 2.85. The zero-order valence-corrected chi connectivity index (χ0v) is 20.8. The van der Waals surface area contributed by atoms with Crippen LogP contribution in [0.1, 0.15) is 127 Å². The molecule has 0 saturated heterocycles. The van der Waals surface area contributed by atoms with E-state index in [0.717, 1.165) is 23.7 Å². The summed E-state index contributed by atoms with van der Waals surface area (Å²) in [7, 11) is 0.